The van der Waals surface area contributed by atoms with Crippen LogP contribution in [0.3, 0.4) is 0 Å². The highest BCUT2D eigenvalue weighted by Gasteiger charge is 2.45. The fraction of sp³-hybridized carbons (Fsp3) is 0.533. The smallest absolute Gasteiger partial charge is 0.337 e. The van der Waals surface area contributed by atoms with E-state index in [9.17, 15) is 9.90 Å². The summed E-state index contributed by atoms with van der Waals surface area (Å²) in [6, 6.07) is 5.18. The van der Waals surface area contributed by atoms with Crippen LogP contribution in [0.1, 0.15) is 36.0 Å². The molecular weight excluding hydrogens is 242 g/mol. The average molecular weight is 261 g/mol. The molecular formula is C15H19NO3. The van der Waals surface area contributed by atoms with Crippen LogP contribution in [0, 0.1) is 5.41 Å². The third kappa shape index (κ3) is 2.05. The van der Waals surface area contributed by atoms with Gasteiger partial charge in [0.15, 0.2) is 0 Å². The van der Waals surface area contributed by atoms with Gasteiger partial charge in [-0.25, -0.2) is 4.79 Å². The topological polar surface area (TPSA) is 49.8 Å². The predicted molar refractivity (Wildman–Crippen MR) is 73.1 cm³/mol. The number of carboxylic acids is 1. The third-order valence-electron chi connectivity index (χ3n) is 4.49. The number of rotatable bonds is 3. The van der Waals surface area contributed by atoms with Gasteiger partial charge in [0.25, 0.3) is 0 Å². The van der Waals surface area contributed by atoms with Crippen LogP contribution in [0.2, 0.25) is 0 Å². The predicted octanol–water partition coefficient (Wildman–Crippen LogP) is 2.77. The fourth-order valence-corrected chi connectivity index (χ4v) is 3.46. The first kappa shape index (κ1) is 12.3. The molecule has 0 unspecified atom stereocenters. The number of carboxylic acid groups (broad SMARTS) is 1. The summed E-state index contributed by atoms with van der Waals surface area (Å²) in [6.07, 6.45) is 5.21. The van der Waals surface area contributed by atoms with E-state index in [1.807, 2.05) is 6.07 Å². The molecule has 3 rings (SSSR count). The van der Waals surface area contributed by atoms with E-state index in [1.54, 1.807) is 19.2 Å². The Morgan fingerprint density at radius 3 is 2.58 bits per heavy atom. The number of carbonyl (C=O) groups is 1. The zero-order valence-electron chi connectivity index (χ0n) is 11.2. The maximum atomic E-state index is 11.3. The van der Waals surface area contributed by atoms with Gasteiger partial charge in [0, 0.05) is 24.6 Å². The molecule has 0 atom stereocenters. The highest BCUT2D eigenvalue weighted by molar-refractivity contribution is 5.95. The van der Waals surface area contributed by atoms with Crippen LogP contribution in [-0.4, -0.2) is 31.3 Å². The van der Waals surface area contributed by atoms with E-state index < -0.39 is 5.97 Å². The quantitative estimate of drug-likeness (QED) is 0.909. The van der Waals surface area contributed by atoms with Gasteiger partial charge in [-0.15, -0.1) is 0 Å². The zero-order chi connectivity index (χ0) is 13.5. The molecule has 0 radical (unpaired) electrons. The van der Waals surface area contributed by atoms with Crippen LogP contribution in [0.4, 0.5) is 5.69 Å². The highest BCUT2D eigenvalue weighted by Crippen LogP contribution is 2.47. The molecule has 0 aromatic heterocycles. The van der Waals surface area contributed by atoms with Gasteiger partial charge in [0.1, 0.15) is 5.75 Å². The molecule has 4 heteroatoms. The van der Waals surface area contributed by atoms with Crippen molar-refractivity contribution in [2.75, 3.05) is 25.1 Å². The molecule has 1 aromatic rings. The Morgan fingerprint density at radius 1 is 1.32 bits per heavy atom. The molecule has 1 aliphatic heterocycles. The Hall–Kier alpha value is -1.71. The number of anilines is 1. The van der Waals surface area contributed by atoms with Gasteiger partial charge in [0.2, 0.25) is 0 Å². The van der Waals surface area contributed by atoms with Gasteiger partial charge in [-0.05, 0) is 25.0 Å². The lowest BCUT2D eigenvalue weighted by atomic mass is 9.78. The molecule has 1 saturated carbocycles. The molecule has 0 bridgehead atoms. The molecule has 0 amide bonds. The van der Waals surface area contributed by atoms with Gasteiger partial charge in [-0.2, -0.15) is 0 Å². The summed E-state index contributed by atoms with van der Waals surface area (Å²) >= 11 is 0. The van der Waals surface area contributed by atoms with Gasteiger partial charge in [-0.1, -0.05) is 12.8 Å². The van der Waals surface area contributed by atoms with E-state index in [-0.39, 0.29) is 0 Å². The first-order chi connectivity index (χ1) is 9.13. The van der Waals surface area contributed by atoms with Crippen LogP contribution in [0.5, 0.6) is 5.75 Å². The summed E-state index contributed by atoms with van der Waals surface area (Å²) in [4.78, 5) is 13.5. The van der Waals surface area contributed by atoms with E-state index in [4.69, 9.17) is 4.74 Å². The van der Waals surface area contributed by atoms with Crippen LogP contribution >= 0.6 is 0 Å². The molecule has 1 N–H and O–H groups in total. The minimum atomic E-state index is -0.870. The third-order valence-corrected chi connectivity index (χ3v) is 4.49. The van der Waals surface area contributed by atoms with E-state index in [0.717, 1.165) is 18.8 Å². The van der Waals surface area contributed by atoms with Gasteiger partial charge >= 0.3 is 5.97 Å². The molecule has 2 fully saturated rings. The second-order valence-corrected chi connectivity index (χ2v) is 5.75. The van der Waals surface area contributed by atoms with Crippen molar-refractivity contribution in [1.82, 2.24) is 0 Å². The van der Waals surface area contributed by atoms with Crippen molar-refractivity contribution in [3.63, 3.8) is 0 Å². The molecule has 102 valence electrons. The first-order valence-corrected chi connectivity index (χ1v) is 6.80. The Labute approximate surface area is 113 Å². The van der Waals surface area contributed by atoms with Crippen molar-refractivity contribution >= 4 is 11.7 Å². The molecule has 1 heterocycles. The van der Waals surface area contributed by atoms with E-state index in [0.29, 0.717) is 16.7 Å². The lowest BCUT2D eigenvalue weighted by molar-refractivity contribution is 0.0696. The van der Waals surface area contributed by atoms with Crippen molar-refractivity contribution in [3.05, 3.63) is 23.8 Å². The van der Waals surface area contributed by atoms with Gasteiger partial charge in [-0.3, -0.25) is 0 Å². The molecule has 1 spiro atoms. The number of hydrogen-bond acceptors (Lipinski definition) is 3. The lowest BCUT2D eigenvalue weighted by Gasteiger charge is -2.50. The van der Waals surface area contributed by atoms with E-state index >= 15 is 0 Å². The van der Waals surface area contributed by atoms with Crippen LogP contribution in [0.15, 0.2) is 18.2 Å². The molecule has 1 aromatic carbocycles. The number of aromatic carboxylic acids is 1. The summed E-state index contributed by atoms with van der Waals surface area (Å²) in [7, 11) is 1.61. The lowest BCUT2D eigenvalue weighted by Crippen LogP contribution is -2.55. The van der Waals surface area contributed by atoms with Crippen molar-refractivity contribution in [1.29, 1.82) is 0 Å². The SMILES string of the molecule is COc1ccc(C(=O)O)c(N2CC3(CCCC3)C2)c1. The second kappa shape index (κ2) is 4.44. The monoisotopic (exact) mass is 261 g/mol. The fourth-order valence-electron chi connectivity index (χ4n) is 3.46. The second-order valence-electron chi connectivity index (χ2n) is 5.75. The van der Waals surface area contributed by atoms with Crippen molar-refractivity contribution < 1.29 is 14.6 Å². The molecule has 19 heavy (non-hydrogen) atoms. The van der Waals surface area contributed by atoms with Gasteiger partial charge in [0.05, 0.1) is 18.4 Å². The highest BCUT2D eigenvalue weighted by atomic mass is 16.5. The van der Waals surface area contributed by atoms with Crippen molar-refractivity contribution in [2.24, 2.45) is 5.41 Å². The largest absolute Gasteiger partial charge is 0.497 e. The summed E-state index contributed by atoms with van der Waals surface area (Å²) in [5, 5.41) is 9.29. The summed E-state index contributed by atoms with van der Waals surface area (Å²) < 4.78 is 5.21. The first-order valence-electron chi connectivity index (χ1n) is 6.80. The standard InChI is InChI=1S/C15H19NO3/c1-19-11-4-5-12(14(17)18)13(8-11)16-9-15(10-16)6-2-3-7-15/h4-5,8H,2-3,6-7,9-10H2,1H3,(H,17,18). The molecule has 2 aliphatic rings. The number of nitrogens with zero attached hydrogens (tertiary/aromatic N) is 1. The Kier molecular flexibility index (Phi) is 2.88. The maximum absolute atomic E-state index is 11.3. The average Bonchev–Trinajstić information content (AvgIpc) is 2.85. The number of benzene rings is 1. The van der Waals surface area contributed by atoms with Crippen molar-refractivity contribution in [3.8, 4) is 5.75 Å². The maximum Gasteiger partial charge on any atom is 0.337 e. The van der Waals surface area contributed by atoms with Crippen LogP contribution in [0.25, 0.3) is 0 Å². The summed E-state index contributed by atoms with van der Waals surface area (Å²) in [5.41, 5.74) is 1.62. The zero-order valence-corrected chi connectivity index (χ0v) is 11.2. The Bertz CT molecular complexity index is 498. The van der Waals surface area contributed by atoms with Gasteiger partial charge < -0.3 is 14.7 Å². The van der Waals surface area contributed by atoms with Crippen LogP contribution < -0.4 is 9.64 Å². The summed E-state index contributed by atoms with van der Waals surface area (Å²) in [6.45, 7) is 1.97. The summed E-state index contributed by atoms with van der Waals surface area (Å²) in [5.74, 6) is -0.155. The number of ether oxygens (including phenoxy) is 1. The van der Waals surface area contributed by atoms with Crippen LogP contribution in [-0.2, 0) is 0 Å². The molecule has 4 nitrogen and oxygen atoms in total. The normalized spacial score (nSPS) is 20.4. The van der Waals surface area contributed by atoms with E-state index in [2.05, 4.69) is 4.90 Å². The Morgan fingerprint density at radius 2 is 2.00 bits per heavy atom. The number of methoxy groups -OCH3 is 1. The number of hydrogen-bond donors (Lipinski definition) is 1. The molecule has 1 saturated heterocycles. The molecule has 1 aliphatic carbocycles. The van der Waals surface area contributed by atoms with Crippen molar-refractivity contribution in [2.45, 2.75) is 25.7 Å². The van der Waals surface area contributed by atoms with E-state index in [1.165, 1.54) is 25.7 Å². The minimum absolute atomic E-state index is 0.369. The Balaban J connectivity index is 1.85. The minimum Gasteiger partial charge on any atom is -0.497 e.